The van der Waals surface area contributed by atoms with Crippen molar-refractivity contribution in [3.05, 3.63) is 35.9 Å². The van der Waals surface area contributed by atoms with Gasteiger partial charge in [0.05, 0.1) is 21.1 Å². The third kappa shape index (κ3) is 19.8. The molecule has 1 rings (SSSR count). The Bertz CT molecular complexity index is 228. The number of hydrogen-bond acceptors (Lipinski definition) is 0. The molecule has 0 spiro atoms. The average Bonchev–Trinajstić information content (AvgIpc) is 1.85. The first-order chi connectivity index (χ1) is 5.08. The molecule has 0 aliphatic heterocycles. The van der Waals surface area contributed by atoms with Crippen molar-refractivity contribution >= 4 is 0 Å². The third-order valence-electron chi connectivity index (χ3n) is 1.50. The zero-order valence-electron chi connectivity index (χ0n) is 9.75. The molecule has 106 valence electrons. The molecule has 0 radical (unpaired) electrons. The molecule has 0 aromatic heterocycles. The van der Waals surface area contributed by atoms with E-state index >= 15 is 0 Å². The minimum atomic E-state index is 0. The molecule has 0 amide bonds. The van der Waals surface area contributed by atoms with Gasteiger partial charge in [-0.05, 0) is 0 Å². The molecule has 1 nitrogen and oxygen atoms in total. The summed E-state index contributed by atoms with van der Waals surface area (Å²) in [5.41, 5.74) is 1.40. The van der Waals surface area contributed by atoms with Crippen molar-refractivity contribution in [3.63, 3.8) is 0 Å². The Morgan fingerprint density at radius 1 is 0.765 bits per heavy atom. The minimum Gasteiger partial charge on any atom is -1.00 e. The van der Waals surface area contributed by atoms with Gasteiger partial charge in [0.2, 0.25) is 0 Å². The summed E-state index contributed by atoms with van der Waals surface area (Å²) in [6.07, 6.45) is 0. The Kier molecular flexibility index (Phi) is 36.9. The van der Waals surface area contributed by atoms with Gasteiger partial charge in [-0.3, -0.25) is 0 Å². The van der Waals surface area contributed by atoms with Crippen LogP contribution in [0.25, 0.3) is 0 Å². The smallest absolute Gasteiger partial charge is 1.00 e. The Morgan fingerprint density at radius 3 is 1.41 bits per heavy atom. The van der Waals surface area contributed by atoms with Crippen molar-refractivity contribution in [1.29, 1.82) is 0 Å². The number of hydrogen-bond donors (Lipinski definition) is 0. The number of nitrogens with zero attached hydrogens (tertiary/aromatic N) is 1. The Morgan fingerprint density at radius 2 is 1.12 bits per heavy atom. The van der Waals surface area contributed by atoms with Crippen molar-refractivity contribution in [2.75, 3.05) is 21.1 Å². The number of halogens is 5. The second-order valence-corrected chi connectivity index (χ2v) is 3.93. The summed E-state index contributed by atoms with van der Waals surface area (Å²) in [4.78, 5) is 0. The van der Waals surface area contributed by atoms with Crippen LogP contribution in [0.3, 0.4) is 0 Å². The van der Waals surface area contributed by atoms with Gasteiger partial charge in [0, 0.05) is 5.56 Å². The first-order valence-electron chi connectivity index (χ1n) is 3.92. The molecule has 0 unspecified atom stereocenters. The zero-order chi connectivity index (χ0) is 8.32. The van der Waals surface area contributed by atoms with Gasteiger partial charge in [-0.15, -0.1) is 0 Å². The van der Waals surface area contributed by atoms with Gasteiger partial charge in [0.25, 0.3) is 0 Å². The van der Waals surface area contributed by atoms with E-state index in [0.29, 0.717) is 0 Å². The molecular formula is C10H16Cl5NPt. The second-order valence-electron chi connectivity index (χ2n) is 3.93. The van der Waals surface area contributed by atoms with Crippen LogP contribution in [0, 0.1) is 0 Å². The van der Waals surface area contributed by atoms with E-state index in [1.165, 1.54) is 5.56 Å². The molecule has 0 saturated carbocycles. The van der Waals surface area contributed by atoms with Gasteiger partial charge in [-0.2, -0.15) is 0 Å². The van der Waals surface area contributed by atoms with Gasteiger partial charge in [0.15, 0.2) is 0 Å². The normalized spacial score (nSPS) is 7.47. The summed E-state index contributed by atoms with van der Waals surface area (Å²) in [7, 11) is 6.60. The maximum absolute atomic E-state index is 2.20. The van der Waals surface area contributed by atoms with Gasteiger partial charge < -0.3 is 66.5 Å². The largest absolute Gasteiger partial charge is 4.00 e. The molecule has 0 atom stereocenters. The summed E-state index contributed by atoms with van der Waals surface area (Å²) >= 11 is 0. The minimum absolute atomic E-state index is 0. The Balaban J connectivity index is -0.0000000504. The van der Waals surface area contributed by atoms with E-state index in [2.05, 4.69) is 51.5 Å². The van der Waals surface area contributed by atoms with E-state index in [4.69, 9.17) is 0 Å². The van der Waals surface area contributed by atoms with Crippen LogP contribution < -0.4 is 62.0 Å². The molecule has 7 heteroatoms. The van der Waals surface area contributed by atoms with Crippen molar-refractivity contribution < 1.29 is 87.6 Å². The standard InChI is InChI=1S/C10H16N.5ClH.Pt/c1-11(2,3)9-10-7-5-4-6-8-10;;;;;;/h4-8H,9H2,1-3H3;5*1H;/q+1;;;;;;+4/p-5. The summed E-state index contributed by atoms with van der Waals surface area (Å²) in [6.45, 7) is 1.10. The second kappa shape index (κ2) is 17.3. The van der Waals surface area contributed by atoms with Crippen LogP contribution in [0.1, 0.15) is 5.56 Å². The van der Waals surface area contributed by atoms with Crippen LogP contribution in [-0.2, 0) is 27.6 Å². The molecule has 0 heterocycles. The molecule has 1 aromatic rings. The maximum atomic E-state index is 2.20. The first-order valence-corrected chi connectivity index (χ1v) is 3.92. The topological polar surface area (TPSA) is 0 Å². The number of benzene rings is 1. The molecule has 0 aliphatic rings. The van der Waals surface area contributed by atoms with E-state index in [1.807, 2.05) is 0 Å². The number of quaternary nitrogens is 1. The van der Waals surface area contributed by atoms with Gasteiger partial charge in [-0.1, -0.05) is 30.3 Å². The van der Waals surface area contributed by atoms with E-state index in [9.17, 15) is 0 Å². The molecule has 17 heavy (non-hydrogen) atoms. The number of rotatable bonds is 2. The average molecular weight is 523 g/mol. The molecular weight excluding hydrogens is 506 g/mol. The predicted molar refractivity (Wildman–Crippen MR) is 48.2 cm³/mol. The fraction of sp³-hybridized carbons (Fsp3) is 0.400. The fourth-order valence-electron chi connectivity index (χ4n) is 1.13. The zero-order valence-corrected chi connectivity index (χ0v) is 15.8. The van der Waals surface area contributed by atoms with Crippen molar-refractivity contribution in [2.45, 2.75) is 6.54 Å². The molecule has 0 saturated heterocycles. The van der Waals surface area contributed by atoms with Crippen LogP contribution in [0.15, 0.2) is 30.3 Å². The molecule has 0 aliphatic carbocycles. The molecule has 0 fully saturated rings. The van der Waals surface area contributed by atoms with Gasteiger partial charge in [0.1, 0.15) is 6.54 Å². The Labute approximate surface area is 150 Å². The van der Waals surface area contributed by atoms with Crippen LogP contribution in [-0.4, -0.2) is 25.6 Å². The van der Waals surface area contributed by atoms with Crippen molar-refractivity contribution in [1.82, 2.24) is 0 Å². The van der Waals surface area contributed by atoms with Crippen LogP contribution in [0.2, 0.25) is 0 Å². The monoisotopic (exact) mass is 520 g/mol. The fourth-order valence-corrected chi connectivity index (χ4v) is 1.13. The van der Waals surface area contributed by atoms with Gasteiger partial charge >= 0.3 is 21.1 Å². The SMILES string of the molecule is C[N+](C)(C)Cc1ccccc1.[Cl-].[Cl-].[Cl-].[Cl-].[Cl-].[Pt+4]. The van der Waals surface area contributed by atoms with Crippen LogP contribution in [0.4, 0.5) is 0 Å². The summed E-state index contributed by atoms with van der Waals surface area (Å²) < 4.78 is 0.990. The first kappa shape index (κ1) is 36.2. The van der Waals surface area contributed by atoms with E-state index in [-0.39, 0.29) is 83.1 Å². The van der Waals surface area contributed by atoms with Crippen molar-refractivity contribution in [2.24, 2.45) is 0 Å². The quantitative estimate of drug-likeness (QED) is 0.339. The third-order valence-corrected chi connectivity index (χ3v) is 1.50. The molecule has 0 N–H and O–H groups in total. The summed E-state index contributed by atoms with van der Waals surface area (Å²) in [5, 5.41) is 0. The van der Waals surface area contributed by atoms with E-state index in [1.54, 1.807) is 0 Å². The van der Waals surface area contributed by atoms with E-state index < -0.39 is 0 Å². The van der Waals surface area contributed by atoms with Crippen molar-refractivity contribution in [3.8, 4) is 0 Å². The van der Waals surface area contributed by atoms with Gasteiger partial charge in [-0.25, -0.2) is 0 Å². The summed E-state index contributed by atoms with van der Waals surface area (Å²) in [6, 6.07) is 10.6. The van der Waals surface area contributed by atoms with E-state index in [0.717, 1.165) is 11.0 Å². The molecule has 0 bridgehead atoms. The summed E-state index contributed by atoms with van der Waals surface area (Å²) in [5.74, 6) is 0. The van der Waals surface area contributed by atoms with Crippen LogP contribution >= 0.6 is 0 Å². The predicted octanol–water partition coefficient (Wildman–Crippen LogP) is -13.1. The maximum Gasteiger partial charge on any atom is 4.00 e. The Hall–Kier alpha value is 1.32. The molecule has 1 aromatic carbocycles. The van der Waals surface area contributed by atoms with Crippen LogP contribution in [0.5, 0.6) is 0 Å².